The van der Waals surface area contributed by atoms with Crippen molar-refractivity contribution in [1.29, 1.82) is 0 Å². The Hall–Kier alpha value is -0.540. The standard InChI is InChI=1S/C11H16ClNOS/c1-3-9-5-8-15-10(9)11(14)13(4-2)7-6-12/h5,8H,3-4,6-7H2,1-2H3. The zero-order valence-corrected chi connectivity index (χ0v) is 10.7. The van der Waals surface area contributed by atoms with Gasteiger partial charge in [0.1, 0.15) is 0 Å². The Morgan fingerprint density at radius 1 is 1.53 bits per heavy atom. The number of nitrogens with zero attached hydrogens (tertiary/aromatic N) is 1. The number of alkyl halides is 1. The summed E-state index contributed by atoms with van der Waals surface area (Å²) in [5.74, 6) is 0.608. The van der Waals surface area contributed by atoms with E-state index < -0.39 is 0 Å². The van der Waals surface area contributed by atoms with E-state index in [1.165, 1.54) is 11.3 Å². The number of aryl methyl sites for hydroxylation is 1. The molecule has 2 nitrogen and oxygen atoms in total. The van der Waals surface area contributed by atoms with Crippen LogP contribution in [0.1, 0.15) is 29.1 Å². The highest BCUT2D eigenvalue weighted by Gasteiger charge is 2.17. The molecule has 15 heavy (non-hydrogen) atoms. The van der Waals surface area contributed by atoms with Gasteiger partial charge in [-0.05, 0) is 30.4 Å². The van der Waals surface area contributed by atoms with Crippen molar-refractivity contribution in [3.05, 3.63) is 21.9 Å². The van der Waals surface area contributed by atoms with Crippen molar-refractivity contribution >= 4 is 28.8 Å². The van der Waals surface area contributed by atoms with Gasteiger partial charge >= 0.3 is 0 Å². The molecular weight excluding hydrogens is 230 g/mol. The maximum Gasteiger partial charge on any atom is 0.264 e. The van der Waals surface area contributed by atoms with E-state index in [4.69, 9.17) is 11.6 Å². The van der Waals surface area contributed by atoms with E-state index in [-0.39, 0.29) is 5.91 Å². The molecule has 4 heteroatoms. The van der Waals surface area contributed by atoms with Gasteiger partial charge in [0, 0.05) is 19.0 Å². The zero-order chi connectivity index (χ0) is 11.3. The molecule has 84 valence electrons. The summed E-state index contributed by atoms with van der Waals surface area (Å²) >= 11 is 7.18. The minimum Gasteiger partial charge on any atom is -0.337 e. The van der Waals surface area contributed by atoms with Crippen LogP contribution < -0.4 is 0 Å². The summed E-state index contributed by atoms with van der Waals surface area (Å²) in [4.78, 5) is 14.7. The molecule has 0 bridgehead atoms. The van der Waals surface area contributed by atoms with Crippen LogP contribution in [0.25, 0.3) is 0 Å². The predicted octanol–water partition coefficient (Wildman–Crippen LogP) is 3.01. The lowest BCUT2D eigenvalue weighted by Gasteiger charge is -2.19. The lowest BCUT2D eigenvalue weighted by molar-refractivity contribution is 0.0778. The topological polar surface area (TPSA) is 20.3 Å². The molecule has 0 radical (unpaired) electrons. The lowest BCUT2D eigenvalue weighted by Crippen LogP contribution is -2.32. The van der Waals surface area contributed by atoms with Gasteiger partial charge in [0.2, 0.25) is 0 Å². The van der Waals surface area contributed by atoms with Crippen molar-refractivity contribution in [2.24, 2.45) is 0 Å². The van der Waals surface area contributed by atoms with E-state index in [9.17, 15) is 4.79 Å². The quantitative estimate of drug-likeness (QED) is 0.731. The molecule has 1 rings (SSSR count). The van der Waals surface area contributed by atoms with Crippen LogP contribution in [0.15, 0.2) is 11.4 Å². The van der Waals surface area contributed by atoms with E-state index in [1.54, 1.807) is 4.90 Å². The summed E-state index contributed by atoms with van der Waals surface area (Å²) < 4.78 is 0. The van der Waals surface area contributed by atoms with E-state index >= 15 is 0 Å². The number of thiophene rings is 1. The van der Waals surface area contributed by atoms with Crippen LogP contribution in [-0.4, -0.2) is 29.8 Å². The minimum absolute atomic E-state index is 0.116. The molecule has 0 fully saturated rings. The van der Waals surface area contributed by atoms with E-state index in [0.29, 0.717) is 19.0 Å². The second-order valence-corrected chi connectivity index (χ2v) is 4.50. The van der Waals surface area contributed by atoms with E-state index in [2.05, 4.69) is 6.92 Å². The molecule has 1 aromatic heterocycles. The van der Waals surface area contributed by atoms with Gasteiger partial charge in [0.25, 0.3) is 5.91 Å². The highest BCUT2D eigenvalue weighted by Crippen LogP contribution is 2.19. The average molecular weight is 246 g/mol. The fourth-order valence-electron chi connectivity index (χ4n) is 1.45. The smallest absolute Gasteiger partial charge is 0.264 e. The summed E-state index contributed by atoms with van der Waals surface area (Å²) in [6, 6.07) is 2.02. The molecule has 1 amide bonds. The first kappa shape index (κ1) is 12.5. The lowest BCUT2D eigenvalue weighted by atomic mass is 10.2. The Balaban J connectivity index is 2.82. The first-order valence-electron chi connectivity index (χ1n) is 5.16. The summed E-state index contributed by atoms with van der Waals surface area (Å²) in [6.45, 7) is 5.38. The summed E-state index contributed by atoms with van der Waals surface area (Å²) in [5, 5.41) is 1.97. The molecule has 1 aromatic rings. The van der Waals surface area contributed by atoms with Gasteiger partial charge in [-0.3, -0.25) is 4.79 Å². The molecule has 1 heterocycles. The molecule has 0 aliphatic carbocycles. The molecule has 0 saturated heterocycles. The molecule has 0 saturated carbocycles. The Morgan fingerprint density at radius 3 is 2.80 bits per heavy atom. The molecule has 0 unspecified atom stereocenters. The number of hydrogen-bond donors (Lipinski definition) is 0. The monoisotopic (exact) mass is 245 g/mol. The highest BCUT2D eigenvalue weighted by atomic mass is 35.5. The van der Waals surface area contributed by atoms with Crippen LogP contribution in [-0.2, 0) is 6.42 Å². The van der Waals surface area contributed by atoms with Crippen molar-refractivity contribution in [2.75, 3.05) is 19.0 Å². The van der Waals surface area contributed by atoms with Crippen LogP contribution >= 0.6 is 22.9 Å². The highest BCUT2D eigenvalue weighted by molar-refractivity contribution is 7.12. The number of carbonyl (C=O) groups excluding carboxylic acids is 1. The van der Waals surface area contributed by atoms with Crippen molar-refractivity contribution in [1.82, 2.24) is 4.90 Å². The molecule has 0 aliphatic rings. The van der Waals surface area contributed by atoms with Gasteiger partial charge in [-0.1, -0.05) is 6.92 Å². The normalized spacial score (nSPS) is 10.3. The van der Waals surface area contributed by atoms with Crippen molar-refractivity contribution < 1.29 is 4.79 Å². The minimum atomic E-state index is 0.116. The van der Waals surface area contributed by atoms with Gasteiger partial charge in [-0.15, -0.1) is 22.9 Å². The van der Waals surface area contributed by atoms with Crippen molar-refractivity contribution in [2.45, 2.75) is 20.3 Å². The van der Waals surface area contributed by atoms with Crippen LogP contribution in [0.5, 0.6) is 0 Å². The number of rotatable bonds is 5. The fourth-order valence-corrected chi connectivity index (χ4v) is 2.62. The Labute approximate surface area is 99.9 Å². The Morgan fingerprint density at radius 2 is 2.27 bits per heavy atom. The van der Waals surface area contributed by atoms with E-state index in [0.717, 1.165) is 16.9 Å². The largest absolute Gasteiger partial charge is 0.337 e. The third kappa shape index (κ3) is 2.95. The second-order valence-electron chi connectivity index (χ2n) is 3.20. The maximum atomic E-state index is 12.1. The van der Waals surface area contributed by atoms with Crippen LogP contribution in [0.4, 0.5) is 0 Å². The van der Waals surface area contributed by atoms with Gasteiger partial charge < -0.3 is 4.90 Å². The van der Waals surface area contributed by atoms with E-state index in [1.807, 2.05) is 18.4 Å². The molecule has 0 aromatic carbocycles. The number of amides is 1. The van der Waals surface area contributed by atoms with Crippen LogP contribution in [0.3, 0.4) is 0 Å². The van der Waals surface area contributed by atoms with Gasteiger partial charge in [-0.2, -0.15) is 0 Å². The van der Waals surface area contributed by atoms with Crippen LogP contribution in [0.2, 0.25) is 0 Å². The second kappa shape index (κ2) is 6.13. The number of carbonyl (C=O) groups is 1. The zero-order valence-electron chi connectivity index (χ0n) is 9.12. The van der Waals surface area contributed by atoms with Gasteiger partial charge in [-0.25, -0.2) is 0 Å². The summed E-state index contributed by atoms with van der Waals surface area (Å²) in [6.07, 6.45) is 0.906. The maximum absolute atomic E-state index is 12.1. The first-order valence-corrected chi connectivity index (χ1v) is 6.57. The Bertz CT molecular complexity index is 324. The molecular formula is C11H16ClNOS. The summed E-state index contributed by atoms with van der Waals surface area (Å²) in [5.41, 5.74) is 1.14. The summed E-state index contributed by atoms with van der Waals surface area (Å²) in [7, 11) is 0. The number of halogens is 1. The average Bonchev–Trinajstić information content (AvgIpc) is 2.72. The molecule has 0 aliphatic heterocycles. The van der Waals surface area contributed by atoms with Crippen molar-refractivity contribution in [3.63, 3.8) is 0 Å². The first-order chi connectivity index (χ1) is 7.24. The molecule has 0 atom stereocenters. The molecule has 0 spiro atoms. The third-order valence-corrected chi connectivity index (χ3v) is 3.46. The van der Waals surface area contributed by atoms with Gasteiger partial charge in [0.05, 0.1) is 4.88 Å². The third-order valence-electron chi connectivity index (χ3n) is 2.35. The van der Waals surface area contributed by atoms with Gasteiger partial charge in [0.15, 0.2) is 0 Å². The predicted molar refractivity (Wildman–Crippen MR) is 66.0 cm³/mol. The number of hydrogen-bond acceptors (Lipinski definition) is 2. The van der Waals surface area contributed by atoms with Crippen LogP contribution in [0, 0.1) is 0 Å². The molecule has 0 N–H and O–H groups in total. The Kier molecular flexibility index (Phi) is 5.12. The van der Waals surface area contributed by atoms with Crippen molar-refractivity contribution in [3.8, 4) is 0 Å². The SMILES string of the molecule is CCc1ccsc1C(=O)N(CC)CCCl. The fraction of sp³-hybridized carbons (Fsp3) is 0.545.